The van der Waals surface area contributed by atoms with Crippen LogP contribution in [0.4, 0.5) is 0 Å². The van der Waals surface area contributed by atoms with Gasteiger partial charge in [0.2, 0.25) is 5.91 Å². The van der Waals surface area contributed by atoms with E-state index in [1.54, 1.807) is 0 Å². The molecule has 0 saturated carbocycles. The fraction of sp³-hybridized carbons (Fsp3) is 0.321. The minimum Gasteiger partial charge on any atom is -0.456 e. The number of carbonyl (C=O) groups is 2. The van der Waals surface area contributed by atoms with Crippen LogP contribution in [0.15, 0.2) is 88.0 Å². The molecule has 4 rings (SSSR count). The largest absolute Gasteiger partial charge is 0.456 e. The van der Waals surface area contributed by atoms with Crippen molar-refractivity contribution in [2.24, 2.45) is 4.99 Å². The molecule has 0 fully saturated rings. The van der Waals surface area contributed by atoms with E-state index >= 15 is 0 Å². The Morgan fingerprint density at radius 2 is 1.71 bits per heavy atom. The Balaban J connectivity index is 1.62. The Morgan fingerprint density at radius 3 is 2.34 bits per heavy atom. The lowest BCUT2D eigenvalue weighted by Gasteiger charge is -2.37. The number of carbonyl (C=O) groups excluding carboxylic acids is 2. The van der Waals surface area contributed by atoms with E-state index in [-0.39, 0.29) is 18.4 Å². The second kappa shape index (κ2) is 10.1. The molecule has 2 heterocycles. The third kappa shape index (κ3) is 5.68. The van der Waals surface area contributed by atoms with E-state index in [4.69, 9.17) is 9.73 Å². The number of aliphatic imine (C=N–C) groups is 1. The normalized spacial score (nSPS) is 18.4. The van der Waals surface area contributed by atoms with Gasteiger partial charge in [0.05, 0.1) is 29.8 Å². The number of fused-ring (bicyclic) bond motifs is 1. The fourth-order valence-corrected chi connectivity index (χ4v) is 5.16. The first-order valence-electron chi connectivity index (χ1n) is 11.7. The monoisotopic (exact) mass is 489 g/mol. The number of rotatable bonds is 6. The van der Waals surface area contributed by atoms with Gasteiger partial charge in [0.1, 0.15) is 5.60 Å². The van der Waals surface area contributed by atoms with Crippen LogP contribution < -0.4 is 5.32 Å². The van der Waals surface area contributed by atoms with Crippen LogP contribution in [0.1, 0.15) is 64.3 Å². The predicted octanol–water partition coefficient (Wildman–Crippen LogP) is 5.87. The minimum absolute atomic E-state index is 0.0913. The highest BCUT2D eigenvalue weighted by atomic mass is 32.2. The molecular weight excluding hydrogens is 458 g/mol. The highest BCUT2D eigenvalue weighted by Gasteiger charge is 2.41. The van der Waals surface area contributed by atoms with Crippen molar-refractivity contribution < 1.29 is 14.3 Å². The number of esters is 1. The zero-order chi connectivity index (χ0) is 25.2. The molecule has 0 saturated heterocycles. The average molecular weight is 490 g/mol. The summed E-state index contributed by atoms with van der Waals surface area (Å²) in [5, 5.41) is 5.79. The summed E-state index contributed by atoms with van der Waals surface area (Å²) in [4.78, 5) is 33.1. The topological polar surface area (TPSA) is 71.0 Å². The van der Waals surface area contributed by atoms with Gasteiger partial charge in [-0.05, 0) is 51.2 Å². The fourth-order valence-electron chi connectivity index (χ4n) is 4.20. The zero-order valence-electron chi connectivity index (χ0n) is 20.7. The maximum atomic E-state index is 13.3. The molecule has 2 aromatic rings. The van der Waals surface area contributed by atoms with Crippen LogP contribution >= 0.6 is 11.8 Å². The van der Waals surface area contributed by atoms with E-state index in [0.717, 1.165) is 22.0 Å². The van der Waals surface area contributed by atoms with Crippen molar-refractivity contribution in [3.05, 3.63) is 94.2 Å². The van der Waals surface area contributed by atoms with Crippen LogP contribution in [-0.2, 0) is 14.3 Å². The first-order chi connectivity index (χ1) is 16.6. The Morgan fingerprint density at radius 1 is 1.09 bits per heavy atom. The first-order valence-corrected chi connectivity index (χ1v) is 12.6. The Hall–Kier alpha value is -3.32. The van der Waals surface area contributed by atoms with Crippen LogP contribution in [0.2, 0.25) is 0 Å². The van der Waals surface area contributed by atoms with Gasteiger partial charge in [-0.25, -0.2) is 9.79 Å². The quantitative estimate of drug-likeness (QED) is 0.514. The average Bonchev–Trinajstić information content (AvgIpc) is 3.19. The summed E-state index contributed by atoms with van der Waals surface area (Å²) in [6.07, 6.45) is 0.174. The molecule has 1 amide bonds. The number of thioether (sulfide) groups is 1. The highest BCUT2D eigenvalue weighted by Crippen LogP contribution is 2.45. The van der Waals surface area contributed by atoms with Gasteiger partial charge in [-0.3, -0.25) is 4.79 Å². The predicted molar refractivity (Wildman–Crippen MR) is 140 cm³/mol. The molecule has 35 heavy (non-hydrogen) atoms. The molecule has 0 bridgehead atoms. The van der Waals surface area contributed by atoms with Gasteiger partial charge in [-0.1, -0.05) is 72.4 Å². The maximum absolute atomic E-state index is 13.3. The summed E-state index contributed by atoms with van der Waals surface area (Å²) in [6.45, 7) is 9.37. The van der Waals surface area contributed by atoms with E-state index in [9.17, 15) is 9.59 Å². The van der Waals surface area contributed by atoms with Crippen molar-refractivity contribution >= 4 is 28.8 Å². The number of hydrogen-bond donors (Lipinski definition) is 1. The number of ether oxygens (including phenoxy) is 1. The molecule has 0 spiro atoms. The van der Waals surface area contributed by atoms with Gasteiger partial charge in [-0.15, -0.1) is 0 Å². The van der Waals surface area contributed by atoms with Crippen LogP contribution in [0.25, 0.3) is 0 Å². The molecule has 2 aliphatic rings. The molecule has 0 aliphatic carbocycles. The summed E-state index contributed by atoms with van der Waals surface area (Å²) in [5.41, 5.74) is 3.26. The third-order valence-electron chi connectivity index (χ3n) is 5.75. The highest BCUT2D eigenvalue weighted by molar-refractivity contribution is 8.16. The second-order valence-electron chi connectivity index (χ2n) is 9.68. The van der Waals surface area contributed by atoms with E-state index in [1.165, 1.54) is 11.8 Å². The number of allylic oxidation sites excluding steroid dienone is 1. The van der Waals surface area contributed by atoms with Crippen molar-refractivity contribution in [3.8, 4) is 0 Å². The first kappa shape index (κ1) is 24.8. The SMILES string of the molecule is CC1=C(C(=O)OC(C)(C)C)[C@@H](c2ccccc2)N2C(CC(=O)N[C@H](C)c3ccccc3)=CSC2=N1. The van der Waals surface area contributed by atoms with Gasteiger partial charge in [-0.2, -0.15) is 0 Å². The van der Waals surface area contributed by atoms with Crippen molar-refractivity contribution in [2.75, 3.05) is 0 Å². The molecule has 7 heteroatoms. The zero-order valence-corrected chi connectivity index (χ0v) is 21.6. The third-order valence-corrected chi connectivity index (χ3v) is 6.64. The molecule has 0 radical (unpaired) electrons. The van der Waals surface area contributed by atoms with Crippen LogP contribution in [-0.4, -0.2) is 27.5 Å². The summed E-state index contributed by atoms with van der Waals surface area (Å²) < 4.78 is 5.77. The number of nitrogens with one attached hydrogen (secondary N) is 1. The van der Waals surface area contributed by atoms with Gasteiger partial charge >= 0.3 is 5.97 Å². The Bertz CT molecular complexity index is 1200. The van der Waals surface area contributed by atoms with Gasteiger partial charge in [0.25, 0.3) is 0 Å². The van der Waals surface area contributed by atoms with Crippen molar-refractivity contribution in [1.29, 1.82) is 0 Å². The molecule has 182 valence electrons. The lowest BCUT2D eigenvalue weighted by atomic mass is 9.93. The smallest absolute Gasteiger partial charge is 0.338 e. The Kier molecular flexibility index (Phi) is 7.17. The van der Waals surface area contributed by atoms with Crippen molar-refractivity contribution in [1.82, 2.24) is 10.2 Å². The van der Waals surface area contributed by atoms with E-state index in [1.807, 2.05) is 106 Å². The lowest BCUT2D eigenvalue weighted by Crippen LogP contribution is -2.39. The van der Waals surface area contributed by atoms with E-state index in [2.05, 4.69) is 5.32 Å². The van der Waals surface area contributed by atoms with E-state index < -0.39 is 17.6 Å². The number of hydrogen-bond acceptors (Lipinski definition) is 6. The molecule has 6 nitrogen and oxygen atoms in total. The number of nitrogens with zero attached hydrogens (tertiary/aromatic N) is 2. The minimum atomic E-state index is -0.637. The molecule has 0 aromatic heterocycles. The van der Waals surface area contributed by atoms with Crippen LogP contribution in [0.3, 0.4) is 0 Å². The summed E-state index contributed by atoms with van der Waals surface area (Å²) in [7, 11) is 0. The number of amides is 1. The van der Waals surface area contributed by atoms with Gasteiger partial charge < -0.3 is 15.0 Å². The molecule has 2 aromatic carbocycles. The number of amidine groups is 1. The summed E-state index contributed by atoms with van der Waals surface area (Å²) >= 11 is 1.47. The van der Waals surface area contributed by atoms with Crippen LogP contribution in [0.5, 0.6) is 0 Å². The van der Waals surface area contributed by atoms with E-state index in [0.29, 0.717) is 11.3 Å². The summed E-state index contributed by atoms with van der Waals surface area (Å²) in [5.74, 6) is -0.489. The van der Waals surface area contributed by atoms with Gasteiger partial charge in [0.15, 0.2) is 5.17 Å². The number of benzene rings is 2. The van der Waals surface area contributed by atoms with Crippen LogP contribution in [0, 0.1) is 0 Å². The Labute approximate surface area is 211 Å². The molecule has 2 atom stereocenters. The lowest BCUT2D eigenvalue weighted by molar-refractivity contribution is -0.150. The van der Waals surface area contributed by atoms with Crippen molar-refractivity contribution in [3.63, 3.8) is 0 Å². The molecular formula is C28H31N3O3S. The molecule has 0 unspecified atom stereocenters. The van der Waals surface area contributed by atoms with Gasteiger partial charge in [0, 0.05) is 5.70 Å². The summed E-state index contributed by atoms with van der Waals surface area (Å²) in [6, 6.07) is 19.1. The molecule has 2 aliphatic heterocycles. The standard InChI is InChI=1S/C28H31N3O3S/c1-18(20-12-8-6-9-13-20)29-23(32)16-22-17-35-27-30-19(2)24(26(33)34-28(3,4)5)25(31(22)27)21-14-10-7-11-15-21/h6-15,17-18,25H,16H2,1-5H3,(H,29,32)/t18-,25-/m1/s1. The maximum Gasteiger partial charge on any atom is 0.338 e. The molecule has 1 N–H and O–H groups in total. The van der Waals surface area contributed by atoms with Crippen molar-refractivity contribution in [2.45, 2.75) is 58.7 Å². The second-order valence-corrected chi connectivity index (χ2v) is 10.5.